The highest BCUT2D eigenvalue weighted by atomic mass is 32.2. The van der Waals surface area contributed by atoms with E-state index < -0.39 is 52.8 Å². The topological polar surface area (TPSA) is 75.7 Å². The second-order valence-corrected chi connectivity index (χ2v) is 8.80. The van der Waals surface area contributed by atoms with E-state index in [-0.39, 0.29) is 17.7 Å². The molecule has 0 aliphatic carbocycles. The molecule has 0 saturated carbocycles. The lowest BCUT2D eigenvalue weighted by Crippen LogP contribution is -2.56. The van der Waals surface area contributed by atoms with Crippen LogP contribution in [0.3, 0.4) is 0 Å². The molecule has 2 aliphatic rings. The summed E-state index contributed by atoms with van der Waals surface area (Å²) in [5, 5.41) is 3.11. The molecule has 32 heavy (non-hydrogen) atoms. The number of rotatable bonds is 6. The van der Waals surface area contributed by atoms with Crippen LogP contribution in [0.15, 0.2) is 48.5 Å². The Labute approximate surface area is 188 Å². The van der Waals surface area contributed by atoms with Gasteiger partial charge in [0, 0.05) is 11.6 Å². The molecule has 2 heterocycles. The van der Waals surface area contributed by atoms with Crippen LogP contribution in [0.2, 0.25) is 0 Å². The van der Waals surface area contributed by atoms with E-state index in [0.29, 0.717) is 5.75 Å². The van der Waals surface area contributed by atoms with Crippen molar-refractivity contribution in [2.75, 3.05) is 24.0 Å². The molecule has 2 fully saturated rings. The summed E-state index contributed by atoms with van der Waals surface area (Å²) in [6.45, 7) is 0. The number of amides is 2. The SMILES string of the molecule is COC(=O)[C@@]1(CCSC)N[C@@H](c2ccccc2F)[C@H]2C(=O)N(c3ccccc3F)C(=O)[C@@H]21. The van der Waals surface area contributed by atoms with Crippen molar-refractivity contribution in [3.05, 3.63) is 65.7 Å². The van der Waals surface area contributed by atoms with Crippen molar-refractivity contribution >= 4 is 35.2 Å². The minimum atomic E-state index is -1.55. The number of esters is 1. The number of nitrogens with zero attached hydrogens (tertiary/aromatic N) is 1. The zero-order chi connectivity index (χ0) is 23.0. The monoisotopic (exact) mass is 460 g/mol. The standard InChI is InChI=1S/C23H22F2N2O4S/c1-31-22(30)23(11-12-32-2)18-17(19(26-23)13-7-3-4-8-14(13)24)20(28)27(21(18)29)16-10-6-5-9-15(16)25/h3-10,17-19,26H,11-12H2,1-2H3/t17-,18+,19-,23-/m0/s1. The molecule has 1 N–H and O–H groups in total. The molecular formula is C23H22F2N2O4S. The van der Waals surface area contributed by atoms with Gasteiger partial charge in [-0.15, -0.1) is 0 Å². The molecule has 0 spiro atoms. The van der Waals surface area contributed by atoms with E-state index in [1.54, 1.807) is 6.07 Å². The van der Waals surface area contributed by atoms with Gasteiger partial charge in [-0.05, 0) is 36.6 Å². The number of methoxy groups -OCH3 is 1. The lowest BCUT2D eigenvalue weighted by atomic mass is 9.78. The van der Waals surface area contributed by atoms with Crippen molar-refractivity contribution in [1.82, 2.24) is 5.32 Å². The minimum absolute atomic E-state index is 0.161. The first-order valence-electron chi connectivity index (χ1n) is 10.1. The van der Waals surface area contributed by atoms with Crippen LogP contribution >= 0.6 is 11.8 Å². The molecule has 4 rings (SSSR count). The number of anilines is 1. The number of hydrogen-bond acceptors (Lipinski definition) is 6. The van der Waals surface area contributed by atoms with Gasteiger partial charge in [0.1, 0.15) is 17.2 Å². The molecule has 9 heteroatoms. The normalized spacial score (nSPS) is 27.0. The largest absolute Gasteiger partial charge is 0.468 e. The van der Waals surface area contributed by atoms with Crippen molar-refractivity contribution in [2.24, 2.45) is 11.8 Å². The summed E-state index contributed by atoms with van der Waals surface area (Å²) in [6.07, 6.45) is 2.02. The number of carbonyl (C=O) groups excluding carboxylic acids is 3. The highest BCUT2D eigenvalue weighted by molar-refractivity contribution is 7.98. The van der Waals surface area contributed by atoms with Crippen LogP contribution < -0.4 is 10.2 Å². The van der Waals surface area contributed by atoms with Crippen LogP contribution in [0.5, 0.6) is 0 Å². The van der Waals surface area contributed by atoms with Crippen LogP contribution in [0.1, 0.15) is 18.0 Å². The number of carbonyl (C=O) groups is 3. The van der Waals surface area contributed by atoms with E-state index in [1.807, 2.05) is 6.26 Å². The van der Waals surface area contributed by atoms with Gasteiger partial charge in [0.15, 0.2) is 0 Å². The van der Waals surface area contributed by atoms with E-state index in [2.05, 4.69) is 5.32 Å². The Morgan fingerprint density at radius 1 is 1.09 bits per heavy atom. The van der Waals surface area contributed by atoms with Gasteiger partial charge in [-0.1, -0.05) is 30.3 Å². The Balaban J connectivity index is 1.90. The Morgan fingerprint density at radius 2 is 1.75 bits per heavy atom. The average Bonchev–Trinajstić information content (AvgIpc) is 3.27. The summed E-state index contributed by atoms with van der Waals surface area (Å²) >= 11 is 1.46. The summed E-state index contributed by atoms with van der Waals surface area (Å²) in [4.78, 5) is 41.0. The van der Waals surface area contributed by atoms with Gasteiger partial charge >= 0.3 is 5.97 Å². The Hall–Kier alpha value is -2.78. The summed E-state index contributed by atoms with van der Waals surface area (Å²) in [5.74, 6) is -5.19. The Kier molecular flexibility index (Phi) is 6.05. The Morgan fingerprint density at radius 3 is 2.38 bits per heavy atom. The predicted octanol–water partition coefficient (Wildman–Crippen LogP) is 3.08. The molecule has 6 nitrogen and oxygen atoms in total. The molecule has 4 atom stereocenters. The van der Waals surface area contributed by atoms with Crippen LogP contribution in [0, 0.1) is 23.5 Å². The van der Waals surface area contributed by atoms with E-state index in [9.17, 15) is 23.2 Å². The summed E-state index contributed by atoms with van der Waals surface area (Å²) < 4.78 is 34.4. The maximum absolute atomic E-state index is 14.8. The summed E-state index contributed by atoms with van der Waals surface area (Å²) in [6, 6.07) is 10.4. The number of imide groups is 1. The third-order valence-corrected chi connectivity index (χ3v) is 6.85. The number of benzene rings is 2. The van der Waals surface area contributed by atoms with E-state index in [4.69, 9.17) is 4.74 Å². The number of nitrogens with one attached hydrogen (secondary N) is 1. The molecule has 2 amide bonds. The molecule has 2 aromatic rings. The van der Waals surface area contributed by atoms with Gasteiger partial charge in [0.2, 0.25) is 11.8 Å². The van der Waals surface area contributed by atoms with Crippen molar-refractivity contribution in [1.29, 1.82) is 0 Å². The lowest BCUT2D eigenvalue weighted by Gasteiger charge is -2.32. The van der Waals surface area contributed by atoms with E-state index >= 15 is 0 Å². The highest BCUT2D eigenvalue weighted by Crippen LogP contribution is 2.52. The summed E-state index contributed by atoms with van der Waals surface area (Å²) in [7, 11) is 1.20. The molecule has 2 aromatic carbocycles. The van der Waals surface area contributed by atoms with Gasteiger partial charge in [0.05, 0.1) is 24.6 Å². The van der Waals surface area contributed by atoms with Crippen LogP contribution in [0.25, 0.3) is 0 Å². The fourth-order valence-electron chi connectivity index (χ4n) is 4.83. The van der Waals surface area contributed by atoms with Crippen LogP contribution in [0.4, 0.5) is 14.5 Å². The first-order valence-corrected chi connectivity index (χ1v) is 11.5. The summed E-state index contributed by atoms with van der Waals surface area (Å²) in [5.41, 5.74) is -1.58. The number of hydrogen-bond donors (Lipinski definition) is 1. The van der Waals surface area contributed by atoms with Gasteiger partial charge in [-0.2, -0.15) is 11.8 Å². The number of halogens is 2. The first-order chi connectivity index (χ1) is 15.4. The smallest absolute Gasteiger partial charge is 0.326 e. The quantitative estimate of drug-likeness (QED) is 0.528. The number of ether oxygens (including phenoxy) is 1. The first kappa shape index (κ1) is 22.4. The second kappa shape index (κ2) is 8.63. The third kappa shape index (κ3) is 3.31. The lowest BCUT2D eigenvalue weighted by molar-refractivity contribution is -0.152. The maximum atomic E-state index is 14.8. The number of thioether (sulfide) groups is 1. The zero-order valence-corrected chi connectivity index (χ0v) is 18.3. The molecule has 168 valence electrons. The molecule has 0 radical (unpaired) electrons. The third-order valence-electron chi connectivity index (χ3n) is 6.24. The minimum Gasteiger partial charge on any atom is -0.468 e. The van der Waals surface area contributed by atoms with Gasteiger partial charge in [-0.3, -0.25) is 19.7 Å². The van der Waals surface area contributed by atoms with Crippen molar-refractivity contribution in [2.45, 2.75) is 18.0 Å². The van der Waals surface area contributed by atoms with Crippen LogP contribution in [-0.2, 0) is 19.1 Å². The van der Waals surface area contributed by atoms with Crippen molar-refractivity contribution in [3.63, 3.8) is 0 Å². The second-order valence-electron chi connectivity index (χ2n) is 7.82. The fourth-order valence-corrected chi connectivity index (χ4v) is 5.36. The van der Waals surface area contributed by atoms with Crippen LogP contribution in [-0.4, -0.2) is 42.4 Å². The fraction of sp³-hybridized carbons (Fsp3) is 0.348. The number of para-hydroxylation sites is 1. The molecule has 0 bridgehead atoms. The number of fused-ring (bicyclic) bond motifs is 1. The van der Waals surface area contributed by atoms with Gasteiger partial charge in [0.25, 0.3) is 0 Å². The molecule has 2 saturated heterocycles. The zero-order valence-electron chi connectivity index (χ0n) is 17.5. The van der Waals surface area contributed by atoms with Gasteiger partial charge < -0.3 is 4.74 Å². The van der Waals surface area contributed by atoms with Crippen molar-refractivity contribution < 1.29 is 27.9 Å². The predicted molar refractivity (Wildman–Crippen MR) is 116 cm³/mol. The maximum Gasteiger partial charge on any atom is 0.326 e. The van der Waals surface area contributed by atoms with Gasteiger partial charge in [-0.25, -0.2) is 13.7 Å². The van der Waals surface area contributed by atoms with E-state index in [0.717, 1.165) is 11.0 Å². The molecule has 2 aliphatic heterocycles. The molecule has 0 unspecified atom stereocenters. The molecule has 0 aromatic heterocycles. The van der Waals surface area contributed by atoms with Crippen molar-refractivity contribution in [3.8, 4) is 0 Å². The highest BCUT2D eigenvalue weighted by Gasteiger charge is 2.69. The molecular weight excluding hydrogens is 438 g/mol. The average molecular weight is 461 g/mol. The Bertz CT molecular complexity index is 1080. The van der Waals surface area contributed by atoms with E-state index in [1.165, 1.54) is 55.3 Å².